The lowest BCUT2D eigenvalue weighted by Crippen LogP contribution is -2.61. The second kappa shape index (κ2) is 8.76. The van der Waals surface area contributed by atoms with Gasteiger partial charge < -0.3 is 14.2 Å². The number of hydrogen-bond acceptors (Lipinski definition) is 3. The third-order valence-corrected chi connectivity index (χ3v) is 5.88. The predicted octanol–water partition coefficient (Wildman–Crippen LogP) is 4.22. The van der Waals surface area contributed by atoms with Gasteiger partial charge in [0.25, 0.3) is 0 Å². The molecule has 3 nitrogen and oxygen atoms in total. The first-order valence-electron chi connectivity index (χ1n) is 8.47. The maximum Gasteiger partial charge on any atom is 0.193 e. The summed E-state index contributed by atoms with van der Waals surface area (Å²) in [5.41, 5.74) is 1.24. The Morgan fingerprint density at radius 2 is 1.74 bits per heavy atom. The Bertz CT molecular complexity index is 491. The normalized spacial score (nSPS) is 28.0. The molecule has 127 valence electrons. The highest BCUT2D eigenvalue weighted by atomic mass is 79.9. The van der Waals surface area contributed by atoms with Crippen LogP contribution in [0.3, 0.4) is 0 Å². The Balaban J connectivity index is 2.08. The van der Waals surface area contributed by atoms with Crippen LogP contribution in [0.25, 0.3) is 0 Å². The second-order valence-corrected chi connectivity index (χ2v) is 7.50. The van der Waals surface area contributed by atoms with Crippen LogP contribution in [0.5, 0.6) is 0 Å². The fourth-order valence-corrected chi connectivity index (χ4v) is 4.31. The average molecular weight is 398 g/mol. The van der Waals surface area contributed by atoms with Gasteiger partial charge in [-0.05, 0) is 44.7 Å². The van der Waals surface area contributed by atoms with Crippen molar-refractivity contribution in [2.75, 3.05) is 19.8 Å². The van der Waals surface area contributed by atoms with Gasteiger partial charge in [0, 0.05) is 24.1 Å². The summed E-state index contributed by atoms with van der Waals surface area (Å²) in [6.45, 7) is 5.85. The highest BCUT2D eigenvalue weighted by Crippen LogP contribution is 2.42. The molecular weight excluding hydrogens is 372 g/mol. The van der Waals surface area contributed by atoms with E-state index in [1.165, 1.54) is 5.56 Å². The first-order valence-corrected chi connectivity index (χ1v) is 9.76. The molecule has 0 aromatic heterocycles. The van der Waals surface area contributed by atoms with Crippen LogP contribution in [0.15, 0.2) is 28.7 Å². The summed E-state index contributed by atoms with van der Waals surface area (Å²) in [4.78, 5) is 0. The molecule has 2 unspecified atom stereocenters. The van der Waals surface area contributed by atoms with Crippen molar-refractivity contribution in [1.29, 1.82) is 0 Å². The van der Waals surface area contributed by atoms with Crippen LogP contribution in [0.4, 0.5) is 0 Å². The molecule has 1 aromatic rings. The van der Waals surface area contributed by atoms with E-state index >= 15 is 0 Å². The first-order chi connectivity index (χ1) is 11.1. The molecule has 1 saturated carbocycles. The molecule has 2 rings (SSSR count). The molecule has 1 aromatic carbocycles. The third-order valence-electron chi connectivity index (χ3n) is 4.33. The Morgan fingerprint density at radius 3 is 2.43 bits per heavy atom. The molecule has 0 heterocycles. The summed E-state index contributed by atoms with van der Waals surface area (Å²) in [5, 5.41) is -0.566. The predicted molar refractivity (Wildman–Crippen MR) is 96.7 cm³/mol. The standard InChI is InChI=1S/C18H26BrO3Si/c1-3-20-17(12-7-8-13-18(17,23)21-4-2)22-14-11-15-9-5-6-10-16(15)19/h5-6,9-10H,3-4,7-8,11-14H2,1-2H3. The van der Waals surface area contributed by atoms with Crippen molar-refractivity contribution >= 4 is 26.2 Å². The van der Waals surface area contributed by atoms with Gasteiger partial charge in [-0.3, -0.25) is 0 Å². The Labute approximate surface area is 151 Å². The molecule has 0 N–H and O–H groups in total. The summed E-state index contributed by atoms with van der Waals surface area (Å²) in [7, 11) is 3.86. The zero-order chi connectivity index (χ0) is 16.8. The van der Waals surface area contributed by atoms with Gasteiger partial charge >= 0.3 is 0 Å². The highest BCUT2D eigenvalue weighted by molar-refractivity contribution is 9.10. The van der Waals surface area contributed by atoms with E-state index in [0.717, 1.165) is 36.6 Å². The van der Waals surface area contributed by atoms with Crippen molar-refractivity contribution in [2.45, 2.75) is 57.0 Å². The molecule has 0 bridgehead atoms. The van der Waals surface area contributed by atoms with Gasteiger partial charge in [0.15, 0.2) is 5.79 Å². The summed E-state index contributed by atoms with van der Waals surface area (Å²) in [5.74, 6) is -0.714. The summed E-state index contributed by atoms with van der Waals surface area (Å²) in [6, 6.07) is 8.25. The number of ether oxygens (including phenoxy) is 3. The average Bonchev–Trinajstić information content (AvgIpc) is 2.53. The van der Waals surface area contributed by atoms with E-state index in [1.807, 2.05) is 26.0 Å². The quantitative estimate of drug-likeness (QED) is 0.485. The van der Waals surface area contributed by atoms with E-state index in [1.54, 1.807) is 0 Å². The molecule has 1 fully saturated rings. The SMILES string of the molecule is CCOC1([Si])CCCCC1(OCC)OCCc1ccccc1Br. The van der Waals surface area contributed by atoms with E-state index in [-0.39, 0.29) is 0 Å². The van der Waals surface area contributed by atoms with Crippen LogP contribution < -0.4 is 0 Å². The Hall–Kier alpha value is -0.203. The van der Waals surface area contributed by atoms with Gasteiger partial charge in [-0.15, -0.1) is 0 Å². The minimum Gasteiger partial charge on any atom is -0.374 e. The number of rotatable bonds is 8. The van der Waals surface area contributed by atoms with E-state index in [9.17, 15) is 0 Å². The first kappa shape index (κ1) is 19.1. The molecule has 1 aliphatic rings. The summed E-state index contributed by atoms with van der Waals surface area (Å²) < 4.78 is 19.6. The molecule has 0 amide bonds. The molecule has 3 radical (unpaired) electrons. The molecule has 0 saturated heterocycles. The van der Waals surface area contributed by atoms with Crippen molar-refractivity contribution in [2.24, 2.45) is 0 Å². The van der Waals surface area contributed by atoms with E-state index < -0.39 is 11.0 Å². The summed E-state index contributed by atoms with van der Waals surface area (Å²) >= 11 is 3.59. The van der Waals surface area contributed by atoms with Gasteiger partial charge in [-0.25, -0.2) is 0 Å². The van der Waals surface area contributed by atoms with Gasteiger partial charge in [-0.1, -0.05) is 40.5 Å². The Kier molecular flexibility index (Phi) is 7.29. The fourth-order valence-electron chi connectivity index (χ4n) is 3.23. The smallest absolute Gasteiger partial charge is 0.193 e. The van der Waals surface area contributed by atoms with E-state index in [0.29, 0.717) is 19.8 Å². The lowest BCUT2D eigenvalue weighted by atomic mass is 9.89. The Morgan fingerprint density at radius 1 is 1.04 bits per heavy atom. The maximum atomic E-state index is 6.32. The monoisotopic (exact) mass is 397 g/mol. The van der Waals surface area contributed by atoms with Crippen molar-refractivity contribution in [3.63, 3.8) is 0 Å². The van der Waals surface area contributed by atoms with Crippen molar-refractivity contribution in [3.8, 4) is 0 Å². The van der Waals surface area contributed by atoms with Crippen LogP contribution in [-0.2, 0) is 20.6 Å². The minimum absolute atomic E-state index is 0.566. The van der Waals surface area contributed by atoms with Gasteiger partial charge in [0.1, 0.15) is 5.22 Å². The lowest BCUT2D eigenvalue weighted by molar-refractivity contribution is -0.317. The number of benzene rings is 1. The third kappa shape index (κ3) is 4.45. The van der Waals surface area contributed by atoms with Crippen molar-refractivity contribution in [3.05, 3.63) is 34.3 Å². The zero-order valence-electron chi connectivity index (χ0n) is 14.1. The van der Waals surface area contributed by atoms with E-state index in [2.05, 4.69) is 38.3 Å². The zero-order valence-corrected chi connectivity index (χ0v) is 16.7. The van der Waals surface area contributed by atoms with Crippen LogP contribution in [-0.4, -0.2) is 41.1 Å². The molecule has 2 atom stereocenters. The minimum atomic E-state index is -0.714. The lowest BCUT2D eigenvalue weighted by Gasteiger charge is -2.50. The van der Waals surface area contributed by atoms with Crippen molar-refractivity contribution in [1.82, 2.24) is 0 Å². The number of halogens is 1. The highest BCUT2D eigenvalue weighted by Gasteiger charge is 2.52. The molecular formula is C18H26BrO3Si. The van der Waals surface area contributed by atoms with E-state index in [4.69, 9.17) is 14.2 Å². The van der Waals surface area contributed by atoms with Crippen LogP contribution in [0.1, 0.15) is 45.1 Å². The maximum absolute atomic E-state index is 6.32. The molecule has 0 spiro atoms. The van der Waals surface area contributed by atoms with Crippen molar-refractivity contribution < 1.29 is 14.2 Å². The van der Waals surface area contributed by atoms with Crippen LogP contribution in [0, 0.1) is 0 Å². The molecule has 5 heteroatoms. The summed E-state index contributed by atoms with van der Waals surface area (Å²) in [6.07, 6.45) is 4.79. The molecule has 1 aliphatic carbocycles. The van der Waals surface area contributed by atoms with Gasteiger partial charge in [0.05, 0.1) is 16.8 Å². The largest absolute Gasteiger partial charge is 0.374 e. The van der Waals surface area contributed by atoms with Crippen LogP contribution >= 0.6 is 15.9 Å². The van der Waals surface area contributed by atoms with Gasteiger partial charge in [-0.2, -0.15) is 0 Å². The molecule has 23 heavy (non-hydrogen) atoms. The second-order valence-electron chi connectivity index (χ2n) is 5.84. The number of hydrogen-bond donors (Lipinski definition) is 0. The fraction of sp³-hybridized carbons (Fsp3) is 0.667. The topological polar surface area (TPSA) is 27.7 Å². The molecule has 0 aliphatic heterocycles. The van der Waals surface area contributed by atoms with Crippen LogP contribution in [0.2, 0.25) is 0 Å². The van der Waals surface area contributed by atoms with Gasteiger partial charge in [0.2, 0.25) is 0 Å².